The summed E-state index contributed by atoms with van der Waals surface area (Å²) in [6, 6.07) is 5.77. The molecular formula is C10H13F2NO. The highest BCUT2D eigenvalue weighted by molar-refractivity contribution is 5.25. The molecule has 0 radical (unpaired) electrons. The third-order valence-electron chi connectivity index (χ3n) is 1.99. The van der Waals surface area contributed by atoms with E-state index in [4.69, 9.17) is 5.73 Å². The van der Waals surface area contributed by atoms with Gasteiger partial charge in [0.05, 0.1) is 6.10 Å². The molecule has 3 N–H and O–H groups in total. The normalized spacial score (nSPS) is 13.2. The molecule has 1 rings (SSSR count). The molecule has 0 aromatic heterocycles. The maximum absolute atomic E-state index is 12.3. The number of nitrogens with two attached hydrogens (primary N) is 1. The zero-order valence-electron chi connectivity index (χ0n) is 7.66. The van der Waals surface area contributed by atoms with Gasteiger partial charge in [0.15, 0.2) is 0 Å². The van der Waals surface area contributed by atoms with Gasteiger partial charge in [-0.25, -0.2) is 8.78 Å². The van der Waals surface area contributed by atoms with E-state index in [2.05, 4.69) is 0 Å². The van der Waals surface area contributed by atoms with E-state index in [0.29, 0.717) is 18.5 Å². The van der Waals surface area contributed by atoms with E-state index < -0.39 is 12.5 Å². The summed E-state index contributed by atoms with van der Waals surface area (Å²) in [4.78, 5) is 0. The minimum atomic E-state index is -2.50. The van der Waals surface area contributed by atoms with Crippen molar-refractivity contribution in [3.05, 3.63) is 35.4 Å². The molecule has 1 unspecified atom stereocenters. The van der Waals surface area contributed by atoms with Crippen molar-refractivity contribution in [3.63, 3.8) is 0 Å². The van der Waals surface area contributed by atoms with Crippen LogP contribution in [-0.4, -0.2) is 11.7 Å². The van der Waals surface area contributed by atoms with Gasteiger partial charge in [0.25, 0.3) is 6.43 Å². The molecule has 0 bridgehead atoms. The molecule has 1 aromatic rings. The van der Waals surface area contributed by atoms with Crippen LogP contribution in [0.4, 0.5) is 8.78 Å². The van der Waals surface area contributed by atoms with Crippen molar-refractivity contribution in [1.82, 2.24) is 0 Å². The zero-order valence-corrected chi connectivity index (χ0v) is 7.66. The molecule has 0 heterocycles. The van der Waals surface area contributed by atoms with E-state index in [-0.39, 0.29) is 5.56 Å². The maximum atomic E-state index is 12.3. The Morgan fingerprint density at radius 2 is 1.93 bits per heavy atom. The predicted octanol–water partition coefficient (Wildman–Crippen LogP) is 2.01. The summed E-state index contributed by atoms with van der Waals surface area (Å²) in [7, 11) is 0. The molecule has 0 saturated heterocycles. The molecule has 0 spiro atoms. The average Bonchev–Trinajstić information content (AvgIpc) is 2.18. The first kappa shape index (κ1) is 11.1. The molecular weight excluding hydrogens is 188 g/mol. The Labute approximate surface area is 81.4 Å². The summed E-state index contributed by atoms with van der Waals surface area (Å²) in [5.74, 6) is 0. The van der Waals surface area contributed by atoms with Crippen molar-refractivity contribution in [2.75, 3.05) is 6.54 Å². The van der Waals surface area contributed by atoms with Crippen molar-refractivity contribution in [2.24, 2.45) is 5.73 Å². The van der Waals surface area contributed by atoms with Crippen LogP contribution in [0.1, 0.15) is 30.1 Å². The first-order valence-corrected chi connectivity index (χ1v) is 4.41. The summed E-state index contributed by atoms with van der Waals surface area (Å²) in [5, 5.41) is 9.50. The first-order chi connectivity index (χ1) is 6.65. The Morgan fingerprint density at radius 1 is 1.29 bits per heavy atom. The second-order valence-electron chi connectivity index (χ2n) is 3.06. The predicted molar refractivity (Wildman–Crippen MR) is 50.0 cm³/mol. The molecule has 2 nitrogen and oxygen atoms in total. The van der Waals surface area contributed by atoms with Crippen LogP contribution in [0.2, 0.25) is 0 Å². The van der Waals surface area contributed by atoms with Crippen molar-refractivity contribution in [3.8, 4) is 0 Å². The van der Waals surface area contributed by atoms with Gasteiger partial charge in [0, 0.05) is 5.56 Å². The van der Waals surface area contributed by atoms with Crippen LogP contribution in [0.15, 0.2) is 24.3 Å². The van der Waals surface area contributed by atoms with E-state index in [9.17, 15) is 13.9 Å². The summed E-state index contributed by atoms with van der Waals surface area (Å²) in [5.41, 5.74) is 5.68. The molecule has 0 aliphatic rings. The minimum Gasteiger partial charge on any atom is -0.388 e. The molecule has 0 saturated carbocycles. The van der Waals surface area contributed by atoms with Gasteiger partial charge in [-0.1, -0.05) is 18.2 Å². The minimum absolute atomic E-state index is 0.0708. The molecule has 0 aliphatic heterocycles. The van der Waals surface area contributed by atoms with Crippen LogP contribution in [-0.2, 0) is 0 Å². The van der Waals surface area contributed by atoms with Crippen LogP contribution < -0.4 is 5.73 Å². The highest BCUT2D eigenvalue weighted by Gasteiger charge is 2.11. The summed E-state index contributed by atoms with van der Waals surface area (Å²) < 4.78 is 24.6. The fraction of sp³-hybridized carbons (Fsp3) is 0.400. The van der Waals surface area contributed by atoms with E-state index in [1.165, 1.54) is 18.2 Å². The highest BCUT2D eigenvalue weighted by Crippen LogP contribution is 2.23. The lowest BCUT2D eigenvalue weighted by Gasteiger charge is -2.10. The van der Waals surface area contributed by atoms with Crippen LogP contribution in [0, 0.1) is 0 Å². The van der Waals surface area contributed by atoms with Gasteiger partial charge in [0.2, 0.25) is 0 Å². The van der Waals surface area contributed by atoms with E-state index >= 15 is 0 Å². The molecule has 0 aliphatic carbocycles. The van der Waals surface area contributed by atoms with E-state index in [1.807, 2.05) is 0 Å². The van der Waals surface area contributed by atoms with Crippen molar-refractivity contribution in [2.45, 2.75) is 19.0 Å². The fourth-order valence-corrected chi connectivity index (χ4v) is 1.23. The smallest absolute Gasteiger partial charge is 0.263 e. The summed E-state index contributed by atoms with van der Waals surface area (Å²) in [6.45, 7) is 0.333. The summed E-state index contributed by atoms with van der Waals surface area (Å²) in [6.07, 6.45) is -2.87. The molecule has 1 atom stereocenters. The second-order valence-corrected chi connectivity index (χ2v) is 3.06. The van der Waals surface area contributed by atoms with Crippen LogP contribution in [0.5, 0.6) is 0 Å². The zero-order chi connectivity index (χ0) is 10.6. The number of hydrogen-bond donors (Lipinski definition) is 2. The fourth-order valence-electron chi connectivity index (χ4n) is 1.23. The number of benzene rings is 1. The SMILES string of the molecule is NCCC(O)c1cccc(C(F)F)c1. The van der Waals surface area contributed by atoms with Crippen molar-refractivity contribution < 1.29 is 13.9 Å². The number of alkyl halides is 2. The highest BCUT2D eigenvalue weighted by atomic mass is 19.3. The van der Waals surface area contributed by atoms with Crippen molar-refractivity contribution in [1.29, 1.82) is 0 Å². The molecule has 4 heteroatoms. The number of rotatable bonds is 4. The van der Waals surface area contributed by atoms with E-state index in [1.54, 1.807) is 6.07 Å². The third kappa shape index (κ3) is 2.75. The van der Waals surface area contributed by atoms with E-state index in [0.717, 1.165) is 0 Å². The molecule has 0 amide bonds. The molecule has 0 fully saturated rings. The maximum Gasteiger partial charge on any atom is 0.263 e. The average molecular weight is 201 g/mol. The Kier molecular flexibility index (Phi) is 3.98. The molecule has 1 aromatic carbocycles. The van der Waals surface area contributed by atoms with Gasteiger partial charge < -0.3 is 10.8 Å². The summed E-state index contributed by atoms with van der Waals surface area (Å²) >= 11 is 0. The quantitative estimate of drug-likeness (QED) is 0.782. The van der Waals surface area contributed by atoms with Gasteiger partial charge >= 0.3 is 0 Å². The number of aliphatic hydroxyl groups is 1. The Bertz CT molecular complexity index is 291. The third-order valence-corrected chi connectivity index (χ3v) is 1.99. The lowest BCUT2D eigenvalue weighted by molar-refractivity contribution is 0.149. The van der Waals surface area contributed by atoms with Gasteiger partial charge in [-0.3, -0.25) is 0 Å². The van der Waals surface area contributed by atoms with Gasteiger partial charge in [-0.2, -0.15) is 0 Å². The largest absolute Gasteiger partial charge is 0.388 e. The Hall–Kier alpha value is -1.00. The van der Waals surface area contributed by atoms with Crippen LogP contribution in [0.25, 0.3) is 0 Å². The first-order valence-electron chi connectivity index (χ1n) is 4.41. The molecule has 14 heavy (non-hydrogen) atoms. The lowest BCUT2D eigenvalue weighted by Crippen LogP contribution is -2.06. The topological polar surface area (TPSA) is 46.2 Å². The number of aliphatic hydroxyl groups excluding tert-OH is 1. The van der Waals surface area contributed by atoms with Gasteiger partial charge in [0.1, 0.15) is 0 Å². The number of halogens is 2. The Balaban J connectivity index is 2.82. The lowest BCUT2D eigenvalue weighted by atomic mass is 10.0. The molecule has 78 valence electrons. The van der Waals surface area contributed by atoms with Crippen molar-refractivity contribution >= 4 is 0 Å². The van der Waals surface area contributed by atoms with Gasteiger partial charge in [-0.15, -0.1) is 0 Å². The standard InChI is InChI=1S/C10H13F2NO/c11-10(12)8-3-1-2-7(6-8)9(14)4-5-13/h1-3,6,9-10,14H,4-5,13H2. The second kappa shape index (κ2) is 5.02. The van der Waals surface area contributed by atoms with Crippen LogP contribution in [0.3, 0.4) is 0 Å². The van der Waals surface area contributed by atoms with Crippen LogP contribution >= 0.6 is 0 Å². The Morgan fingerprint density at radius 3 is 2.50 bits per heavy atom. The van der Waals surface area contributed by atoms with Gasteiger partial charge in [-0.05, 0) is 24.6 Å². The monoisotopic (exact) mass is 201 g/mol. The number of hydrogen-bond acceptors (Lipinski definition) is 2.